The first-order chi connectivity index (χ1) is 5.38. The first-order valence-corrected chi connectivity index (χ1v) is 4.15. The number of hydrogen-bond acceptors (Lipinski definition) is 2. The highest BCUT2D eigenvalue weighted by Gasteiger charge is 2.21. The van der Waals surface area contributed by atoms with Gasteiger partial charge in [0.05, 0.1) is 0 Å². The van der Waals surface area contributed by atoms with E-state index in [1.807, 2.05) is 6.08 Å². The lowest BCUT2D eigenvalue weighted by atomic mass is 9.89. The first kappa shape index (κ1) is 6.77. The minimum Gasteiger partial charge on any atom is -0.294 e. The molecule has 58 valence electrons. The van der Waals surface area contributed by atoms with Crippen LogP contribution in [-0.2, 0) is 4.79 Å². The summed E-state index contributed by atoms with van der Waals surface area (Å²) in [6.45, 7) is 0.881. The zero-order chi connectivity index (χ0) is 7.68. The Morgan fingerprint density at radius 2 is 2.27 bits per heavy atom. The lowest BCUT2D eigenvalue weighted by molar-refractivity contribution is -0.115. The van der Waals surface area contributed by atoms with Crippen LogP contribution in [0.5, 0.6) is 0 Å². The monoisotopic (exact) mass is 149 g/mol. The number of nitrogens with zero attached hydrogens (tertiary/aromatic N) is 1. The Labute approximate surface area is 66.0 Å². The maximum atomic E-state index is 11.3. The summed E-state index contributed by atoms with van der Waals surface area (Å²) in [6, 6.07) is 0. The standard InChI is InChI=1S/C9H11NO/c11-9-5-1-4-8-7(9)3-2-6-10-8/h3H,1-2,4-6H2. The average molecular weight is 149 g/mol. The predicted molar refractivity (Wildman–Crippen MR) is 43.9 cm³/mol. The van der Waals surface area contributed by atoms with E-state index in [4.69, 9.17) is 0 Å². The van der Waals surface area contributed by atoms with Gasteiger partial charge < -0.3 is 0 Å². The maximum absolute atomic E-state index is 11.3. The van der Waals surface area contributed by atoms with Crippen LogP contribution in [0.4, 0.5) is 0 Å². The number of aliphatic imine (C=N–C) groups is 1. The highest BCUT2D eigenvalue weighted by molar-refractivity contribution is 6.24. The minimum atomic E-state index is 0.301. The summed E-state index contributed by atoms with van der Waals surface area (Å²) in [7, 11) is 0. The molecule has 0 bridgehead atoms. The van der Waals surface area contributed by atoms with Gasteiger partial charge in [0.2, 0.25) is 0 Å². The summed E-state index contributed by atoms with van der Waals surface area (Å²) in [5.74, 6) is 0.301. The van der Waals surface area contributed by atoms with E-state index in [0.717, 1.165) is 43.5 Å². The third-order valence-corrected chi connectivity index (χ3v) is 2.21. The molecule has 1 saturated carbocycles. The molecule has 0 unspecified atom stereocenters. The Hall–Kier alpha value is -0.920. The van der Waals surface area contributed by atoms with Crippen molar-refractivity contribution < 1.29 is 4.79 Å². The van der Waals surface area contributed by atoms with E-state index in [1.165, 1.54) is 0 Å². The summed E-state index contributed by atoms with van der Waals surface area (Å²) >= 11 is 0. The van der Waals surface area contributed by atoms with Gasteiger partial charge in [-0.05, 0) is 19.3 Å². The molecule has 0 saturated heterocycles. The Morgan fingerprint density at radius 1 is 1.36 bits per heavy atom. The highest BCUT2D eigenvalue weighted by Crippen LogP contribution is 2.20. The zero-order valence-corrected chi connectivity index (χ0v) is 6.47. The van der Waals surface area contributed by atoms with E-state index in [9.17, 15) is 4.79 Å². The van der Waals surface area contributed by atoms with Gasteiger partial charge in [-0.2, -0.15) is 0 Å². The fraction of sp³-hybridized carbons (Fsp3) is 0.556. The molecular weight excluding hydrogens is 138 g/mol. The topological polar surface area (TPSA) is 29.4 Å². The molecule has 2 heteroatoms. The lowest BCUT2D eigenvalue weighted by Gasteiger charge is -2.18. The molecule has 1 aliphatic heterocycles. The quantitative estimate of drug-likeness (QED) is 0.513. The number of carbonyl (C=O) groups excluding carboxylic acids is 1. The molecule has 11 heavy (non-hydrogen) atoms. The summed E-state index contributed by atoms with van der Waals surface area (Å²) < 4.78 is 0. The van der Waals surface area contributed by atoms with Gasteiger partial charge in [-0.3, -0.25) is 9.79 Å². The van der Waals surface area contributed by atoms with Gasteiger partial charge in [-0.1, -0.05) is 6.08 Å². The number of carbonyl (C=O) groups is 1. The van der Waals surface area contributed by atoms with Crippen LogP contribution in [0, 0.1) is 0 Å². The van der Waals surface area contributed by atoms with Crippen molar-refractivity contribution in [1.82, 2.24) is 0 Å². The third-order valence-electron chi connectivity index (χ3n) is 2.21. The van der Waals surface area contributed by atoms with Crippen molar-refractivity contribution in [3.63, 3.8) is 0 Å². The Bertz CT molecular complexity index is 250. The van der Waals surface area contributed by atoms with Gasteiger partial charge in [0.1, 0.15) is 0 Å². The van der Waals surface area contributed by atoms with Crippen molar-refractivity contribution in [2.45, 2.75) is 25.7 Å². The van der Waals surface area contributed by atoms with Crippen molar-refractivity contribution in [3.8, 4) is 0 Å². The Kier molecular flexibility index (Phi) is 1.60. The van der Waals surface area contributed by atoms with Crippen LogP contribution in [0.15, 0.2) is 16.6 Å². The van der Waals surface area contributed by atoms with Crippen molar-refractivity contribution in [2.24, 2.45) is 4.99 Å². The van der Waals surface area contributed by atoms with E-state index < -0.39 is 0 Å². The smallest absolute Gasteiger partial charge is 0.164 e. The van der Waals surface area contributed by atoms with Gasteiger partial charge >= 0.3 is 0 Å². The summed E-state index contributed by atoms with van der Waals surface area (Å²) in [5, 5.41) is 0. The molecule has 0 radical (unpaired) electrons. The molecule has 0 spiro atoms. The molecular formula is C9H11NO. The largest absolute Gasteiger partial charge is 0.294 e. The number of hydrogen-bond donors (Lipinski definition) is 0. The SMILES string of the molecule is O=C1CCCC2=NCCC=C12. The summed E-state index contributed by atoms with van der Waals surface area (Å²) in [6.07, 6.45) is 5.73. The lowest BCUT2D eigenvalue weighted by Crippen LogP contribution is -2.21. The van der Waals surface area contributed by atoms with Crippen molar-refractivity contribution >= 4 is 11.5 Å². The molecule has 1 fully saturated rings. The number of allylic oxidation sites excluding steroid dienone is 1. The van der Waals surface area contributed by atoms with Crippen LogP contribution in [0.25, 0.3) is 0 Å². The number of rotatable bonds is 0. The van der Waals surface area contributed by atoms with Crippen LogP contribution < -0.4 is 0 Å². The predicted octanol–water partition coefficient (Wildman–Crippen LogP) is 1.51. The van der Waals surface area contributed by atoms with E-state index >= 15 is 0 Å². The van der Waals surface area contributed by atoms with E-state index in [0.29, 0.717) is 5.78 Å². The second-order valence-corrected chi connectivity index (χ2v) is 3.01. The van der Waals surface area contributed by atoms with E-state index in [2.05, 4.69) is 4.99 Å². The van der Waals surface area contributed by atoms with Gasteiger partial charge in [0, 0.05) is 24.3 Å². The molecule has 0 aromatic rings. The van der Waals surface area contributed by atoms with Gasteiger partial charge in [0.25, 0.3) is 0 Å². The van der Waals surface area contributed by atoms with Gasteiger partial charge in [-0.25, -0.2) is 0 Å². The second kappa shape index (κ2) is 2.61. The fourth-order valence-corrected chi connectivity index (χ4v) is 1.65. The van der Waals surface area contributed by atoms with Crippen molar-refractivity contribution in [3.05, 3.63) is 11.6 Å². The molecule has 0 aromatic heterocycles. The minimum absolute atomic E-state index is 0.301. The Balaban J connectivity index is 2.31. The fourth-order valence-electron chi connectivity index (χ4n) is 1.65. The zero-order valence-electron chi connectivity index (χ0n) is 6.47. The number of ketones is 1. The highest BCUT2D eigenvalue weighted by atomic mass is 16.1. The van der Waals surface area contributed by atoms with Gasteiger partial charge in [0.15, 0.2) is 5.78 Å². The molecule has 0 N–H and O–H groups in total. The first-order valence-electron chi connectivity index (χ1n) is 4.15. The van der Waals surface area contributed by atoms with Crippen molar-refractivity contribution in [1.29, 1.82) is 0 Å². The second-order valence-electron chi connectivity index (χ2n) is 3.01. The van der Waals surface area contributed by atoms with Crippen LogP contribution in [0.2, 0.25) is 0 Å². The van der Waals surface area contributed by atoms with Crippen LogP contribution >= 0.6 is 0 Å². The molecule has 2 rings (SSSR count). The summed E-state index contributed by atoms with van der Waals surface area (Å²) in [4.78, 5) is 15.6. The Morgan fingerprint density at radius 3 is 3.09 bits per heavy atom. The molecule has 0 amide bonds. The molecule has 2 nitrogen and oxygen atoms in total. The van der Waals surface area contributed by atoms with Crippen LogP contribution in [0.3, 0.4) is 0 Å². The molecule has 1 aliphatic carbocycles. The number of dihydropyridines is 1. The number of Topliss-reactive ketones (excluding diaryl/α,β-unsaturated/α-hetero) is 1. The average Bonchev–Trinajstić information content (AvgIpc) is 2.06. The normalized spacial score (nSPS) is 23.8. The van der Waals surface area contributed by atoms with Crippen molar-refractivity contribution in [2.75, 3.05) is 6.54 Å². The molecule has 1 heterocycles. The third kappa shape index (κ3) is 1.13. The summed E-state index contributed by atoms with van der Waals surface area (Å²) in [5.41, 5.74) is 1.98. The molecule has 0 atom stereocenters. The maximum Gasteiger partial charge on any atom is 0.164 e. The van der Waals surface area contributed by atoms with E-state index in [1.54, 1.807) is 0 Å². The number of fused-ring (bicyclic) bond motifs is 1. The van der Waals surface area contributed by atoms with E-state index in [-0.39, 0.29) is 0 Å². The van der Waals surface area contributed by atoms with Gasteiger partial charge in [-0.15, -0.1) is 0 Å². The molecule has 2 aliphatic rings. The van der Waals surface area contributed by atoms with Crippen LogP contribution in [0.1, 0.15) is 25.7 Å². The molecule has 0 aromatic carbocycles. The van der Waals surface area contributed by atoms with Crippen LogP contribution in [-0.4, -0.2) is 18.0 Å².